The fourth-order valence-corrected chi connectivity index (χ4v) is 3.17. The molecule has 0 saturated carbocycles. The highest BCUT2D eigenvalue weighted by Gasteiger charge is 2.21. The van der Waals surface area contributed by atoms with E-state index in [0.717, 1.165) is 17.9 Å². The van der Waals surface area contributed by atoms with Crippen LogP contribution in [0.3, 0.4) is 0 Å². The van der Waals surface area contributed by atoms with E-state index in [0.29, 0.717) is 6.04 Å². The van der Waals surface area contributed by atoms with Gasteiger partial charge in [0, 0.05) is 22.7 Å². The Bertz CT molecular complexity index is 536. The molecule has 21 heavy (non-hydrogen) atoms. The van der Waals surface area contributed by atoms with E-state index < -0.39 is 0 Å². The molecule has 0 unspecified atom stereocenters. The third-order valence-electron chi connectivity index (χ3n) is 3.63. The van der Waals surface area contributed by atoms with Crippen LogP contribution >= 0.6 is 36.2 Å². The zero-order valence-corrected chi connectivity index (χ0v) is 14.3. The quantitative estimate of drug-likeness (QED) is 0.832. The van der Waals surface area contributed by atoms with Gasteiger partial charge in [0.15, 0.2) is 0 Å². The number of halogens is 2. The van der Waals surface area contributed by atoms with E-state index in [4.69, 9.17) is 4.74 Å². The normalized spacial score (nSPS) is 17.9. The van der Waals surface area contributed by atoms with E-state index in [1.54, 1.807) is 17.5 Å². The Hall–Kier alpha value is -0.810. The lowest BCUT2D eigenvalue weighted by Gasteiger charge is -2.19. The maximum Gasteiger partial charge on any atom is 0.138 e. The first-order valence-electron chi connectivity index (χ1n) is 6.65. The molecule has 0 bridgehead atoms. The number of hydrogen-bond donors (Lipinski definition) is 0. The second kappa shape index (κ2) is 8.59. The highest BCUT2D eigenvalue weighted by atomic mass is 35.5. The smallest absolute Gasteiger partial charge is 0.138 e. The third kappa shape index (κ3) is 4.58. The van der Waals surface area contributed by atoms with Gasteiger partial charge in [0.1, 0.15) is 12.4 Å². The minimum Gasteiger partial charge on any atom is -0.490 e. The molecule has 3 rings (SSSR count). The summed E-state index contributed by atoms with van der Waals surface area (Å²) >= 11 is 1.72. The molecule has 3 heterocycles. The molecule has 3 nitrogen and oxygen atoms in total. The third-order valence-corrected chi connectivity index (χ3v) is 4.55. The van der Waals surface area contributed by atoms with Gasteiger partial charge in [0.25, 0.3) is 0 Å². The Morgan fingerprint density at radius 2 is 2.24 bits per heavy atom. The largest absolute Gasteiger partial charge is 0.490 e. The zero-order chi connectivity index (χ0) is 13.1. The fourth-order valence-electron chi connectivity index (χ4n) is 2.46. The lowest BCUT2D eigenvalue weighted by molar-refractivity contribution is 0.198. The van der Waals surface area contributed by atoms with Crippen molar-refractivity contribution >= 4 is 36.2 Å². The highest BCUT2D eigenvalue weighted by Crippen LogP contribution is 2.27. The van der Waals surface area contributed by atoms with Crippen LogP contribution < -0.4 is 4.74 Å². The van der Waals surface area contributed by atoms with Gasteiger partial charge in [0.2, 0.25) is 0 Å². The number of nitrogens with zero attached hydrogens (tertiary/aromatic N) is 2. The predicted octanol–water partition coefficient (Wildman–Crippen LogP) is 4.13. The number of thiophene rings is 1. The van der Waals surface area contributed by atoms with E-state index in [1.807, 2.05) is 6.20 Å². The van der Waals surface area contributed by atoms with Crippen LogP contribution in [0.2, 0.25) is 0 Å². The topological polar surface area (TPSA) is 25.4 Å². The molecule has 116 valence electrons. The first-order valence-corrected chi connectivity index (χ1v) is 7.53. The Labute approximate surface area is 142 Å². The molecule has 1 fully saturated rings. The lowest BCUT2D eigenvalue weighted by Crippen LogP contribution is -2.30. The van der Waals surface area contributed by atoms with Crippen molar-refractivity contribution < 1.29 is 4.74 Å². The minimum absolute atomic E-state index is 0. The molecule has 1 saturated heterocycles. The molecule has 0 aromatic carbocycles. The van der Waals surface area contributed by atoms with Gasteiger partial charge >= 0.3 is 0 Å². The molecule has 1 atom stereocenters. The average molecular weight is 347 g/mol. The van der Waals surface area contributed by atoms with Gasteiger partial charge < -0.3 is 9.64 Å². The van der Waals surface area contributed by atoms with Crippen molar-refractivity contribution in [1.82, 2.24) is 9.88 Å². The first kappa shape index (κ1) is 18.2. The molecule has 0 radical (unpaired) electrons. The van der Waals surface area contributed by atoms with E-state index in [-0.39, 0.29) is 24.8 Å². The molecular weight excluding hydrogens is 327 g/mol. The number of likely N-dealkylation sites (tertiary alicyclic amines) is 1. The van der Waals surface area contributed by atoms with Crippen molar-refractivity contribution in [3.63, 3.8) is 0 Å². The number of hydrogen-bond acceptors (Lipinski definition) is 4. The van der Waals surface area contributed by atoms with Gasteiger partial charge in [-0.05, 0) is 43.9 Å². The second-order valence-electron chi connectivity index (χ2n) is 4.97. The molecular formula is C15H20Cl2N2OS. The zero-order valence-electron chi connectivity index (χ0n) is 11.9. The number of ether oxygens (including phenoxy) is 1. The van der Waals surface area contributed by atoms with Crippen LogP contribution in [-0.4, -0.2) is 36.1 Å². The molecule has 0 aliphatic carbocycles. The summed E-state index contributed by atoms with van der Waals surface area (Å²) in [6, 6.07) is 6.79. The minimum atomic E-state index is 0. The number of aromatic nitrogens is 1. The average Bonchev–Trinajstić information content (AvgIpc) is 3.08. The maximum atomic E-state index is 5.90. The maximum absolute atomic E-state index is 5.90. The van der Waals surface area contributed by atoms with Crippen LogP contribution in [0.4, 0.5) is 0 Å². The van der Waals surface area contributed by atoms with Gasteiger partial charge in [-0.15, -0.1) is 36.2 Å². The lowest BCUT2D eigenvalue weighted by atomic mass is 10.2. The van der Waals surface area contributed by atoms with E-state index >= 15 is 0 Å². The summed E-state index contributed by atoms with van der Waals surface area (Å²) in [7, 11) is 2.17. The standard InChI is InChI=1S/C15H18N2OS.2ClH/c1-17-6-2-4-13(17)11-18-14-8-12(9-16-10-14)15-5-3-7-19-15;;/h3,5,7-10,13H,2,4,6,11H2,1H3;2*1H/t13-;;/m0../s1. The fraction of sp³-hybridized carbons (Fsp3) is 0.400. The molecule has 0 N–H and O–H groups in total. The Morgan fingerprint density at radius 3 is 2.90 bits per heavy atom. The molecule has 1 aliphatic rings. The molecule has 0 spiro atoms. The van der Waals surface area contributed by atoms with Gasteiger partial charge in [-0.25, -0.2) is 0 Å². The number of pyridine rings is 1. The van der Waals surface area contributed by atoms with Crippen molar-refractivity contribution in [2.24, 2.45) is 0 Å². The van der Waals surface area contributed by atoms with Crippen molar-refractivity contribution in [1.29, 1.82) is 0 Å². The van der Waals surface area contributed by atoms with Crippen molar-refractivity contribution in [3.05, 3.63) is 36.0 Å². The summed E-state index contributed by atoms with van der Waals surface area (Å²) < 4.78 is 5.90. The summed E-state index contributed by atoms with van der Waals surface area (Å²) in [5, 5.41) is 2.08. The van der Waals surface area contributed by atoms with Crippen molar-refractivity contribution in [2.75, 3.05) is 20.2 Å². The van der Waals surface area contributed by atoms with E-state index in [9.17, 15) is 0 Å². The molecule has 2 aromatic heterocycles. The Balaban J connectivity index is 0.00000110. The van der Waals surface area contributed by atoms with Crippen LogP contribution in [0.5, 0.6) is 5.75 Å². The van der Waals surface area contributed by atoms with Gasteiger partial charge in [-0.3, -0.25) is 4.98 Å². The second-order valence-corrected chi connectivity index (χ2v) is 5.92. The van der Waals surface area contributed by atoms with Crippen molar-refractivity contribution in [2.45, 2.75) is 18.9 Å². The summed E-state index contributed by atoms with van der Waals surface area (Å²) in [6.45, 7) is 1.94. The Kier molecular flexibility index (Phi) is 7.46. The Morgan fingerprint density at radius 1 is 1.38 bits per heavy atom. The SMILES string of the molecule is CN1CCC[C@H]1COc1cncc(-c2cccs2)c1.Cl.Cl. The van der Waals surface area contributed by atoms with Crippen molar-refractivity contribution in [3.8, 4) is 16.2 Å². The summed E-state index contributed by atoms with van der Waals surface area (Å²) in [6.07, 6.45) is 6.19. The summed E-state index contributed by atoms with van der Waals surface area (Å²) in [4.78, 5) is 7.88. The van der Waals surface area contributed by atoms with Crippen LogP contribution in [-0.2, 0) is 0 Å². The monoisotopic (exact) mass is 346 g/mol. The van der Waals surface area contributed by atoms with E-state index in [2.05, 4.69) is 40.5 Å². The van der Waals surface area contributed by atoms with Crippen LogP contribution in [0.25, 0.3) is 10.4 Å². The van der Waals surface area contributed by atoms with Gasteiger partial charge in [0.05, 0.1) is 6.20 Å². The van der Waals surface area contributed by atoms with Crippen LogP contribution in [0, 0.1) is 0 Å². The van der Waals surface area contributed by atoms with Crippen LogP contribution in [0.1, 0.15) is 12.8 Å². The van der Waals surface area contributed by atoms with Gasteiger partial charge in [-0.2, -0.15) is 0 Å². The predicted molar refractivity (Wildman–Crippen MR) is 93.2 cm³/mol. The van der Waals surface area contributed by atoms with Gasteiger partial charge in [-0.1, -0.05) is 6.07 Å². The number of likely N-dealkylation sites (N-methyl/N-ethyl adjacent to an activating group) is 1. The molecule has 6 heteroatoms. The summed E-state index contributed by atoms with van der Waals surface area (Å²) in [5.41, 5.74) is 1.13. The first-order chi connectivity index (χ1) is 9.33. The highest BCUT2D eigenvalue weighted by molar-refractivity contribution is 7.13. The van der Waals surface area contributed by atoms with E-state index in [1.165, 1.54) is 24.3 Å². The summed E-state index contributed by atoms with van der Waals surface area (Å²) in [5.74, 6) is 0.867. The number of rotatable bonds is 4. The molecule has 1 aliphatic heterocycles. The molecule has 2 aromatic rings. The van der Waals surface area contributed by atoms with Crippen LogP contribution in [0.15, 0.2) is 36.0 Å². The molecule has 0 amide bonds.